The summed E-state index contributed by atoms with van der Waals surface area (Å²) in [7, 11) is 0. The number of hydrogen-bond acceptors (Lipinski definition) is 4. The minimum atomic E-state index is -4.64. The second-order valence-corrected chi connectivity index (χ2v) is 7.69. The number of Topliss-reactive ketones (excluding diaryl/α,β-unsaturated/α-hetero) is 1. The maximum absolute atomic E-state index is 12.8. The number of nitrogens with zero attached hydrogens (tertiary/aromatic N) is 1. The van der Waals surface area contributed by atoms with Crippen LogP contribution in [0, 0.1) is 0 Å². The van der Waals surface area contributed by atoms with E-state index in [1.807, 2.05) is 0 Å². The average molecular weight is 476 g/mol. The van der Waals surface area contributed by atoms with Crippen LogP contribution in [0.3, 0.4) is 0 Å². The third kappa shape index (κ3) is 4.70. The summed E-state index contributed by atoms with van der Waals surface area (Å²) in [5.74, 6) is -1.02. The van der Waals surface area contributed by atoms with Gasteiger partial charge in [0.1, 0.15) is 0 Å². The Bertz CT molecular complexity index is 734. The van der Waals surface area contributed by atoms with Gasteiger partial charge in [0.05, 0.1) is 0 Å². The predicted octanol–water partition coefficient (Wildman–Crippen LogP) is 0.800. The molecule has 23 heavy (non-hydrogen) atoms. The Labute approximate surface area is 148 Å². The van der Waals surface area contributed by atoms with Crippen LogP contribution in [0.1, 0.15) is 12.5 Å². The molecule has 1 aromatic heterocycles. The summed E-state index contributed by atoms with van der Waals surface area (Å²) in [4.78, 5) is 27.8. The number of carbonyl (C=O) groups excluding carboxylic acids is 2. The SMILES string of the molecule is CC(=O)C1=C[I-]C=C(C(=O)Nc2cc(C(F)(F)F)c(Cl)cn2)S1. The zero-order chi connectivity index (χ0) is 17.2. The number of nitrogens with one attached hydrogen (secondary N) is 1. The van der Waals surface area contributed by atoms with Gasteiger partial charge in [0.25, 0.3) is 0 Å². The third-order valence-electron chi connectivity index (χ3n) is 2.52. The van der Waals surface area contributed by atoms with Gasteiger partial charge < -0.3 is 0 Å². The molecule has 1 aliphatic heterocycles. The molecule has 2 heterocycles. The number of thioether (sulfide) groups is 1. The topological polar surface area (TPSA) is 59.1 Å². The van der Waals surface area contributed by atoms with Crippen molar-refractivity contribution in [2.45, 2.75) is 13.1 Å². The molecule has 0 aliphatic carbocycles. The molecule has 0 aromatic carbocycles. The minimum absolute atomic E-state index is 0.155. The number of aromatic nitrogens is 1. The van der Waals surface area contributed by atoms with E-state index in [-0.39, 0.29) is 16.5 Å². The summed E-state index contributed by atoms with van der Waals surface area (Å²) in [6.45, 7) is 1.39. The Kier molecular flexibility index (Phi) is 5.74. The number of anilines is 1. The number of hydrogen-bond donors (Lipinski definition) is 1. The zero-order valence-electron chi connectivity index (χ0n) is 11.4. The van der Waals surface area contributed by atoms with Crippen molar-refractivity contribution < 1.29 is 44.0 Å². The Balaban J connectivity index is 2.15. The van der Waals surface area contributed by atoms with Crippen molar-refractivity contribution in [2.24, 2.45) is 0 Å². The maximum atomic E-state index is 12.8. The summed E-state index contributed by atoms with van der Waals surface area (Å²) in [5.41, 5.74) is -1.08. The first-order chi connectivity index (χ1) is 10.7. The van der Waals surface area contributed by atoms with E-state index in [2.05, 4.69) is 10.3 Å². The second kappa shape index (κ2) is 7.22. The molecule has 2 rings (SSSR count). The number of ketones is 1. The van der Waals surface area contributed by atoms with Crippen molar-refractivity contribution in [2.75, 3.05) is 5.32 Å². The van der Waals surface area contributed by atoms with Crippen LogP contribution in [0.2, 0.25) is 5.02 Å². The van der Waals surface area contributed by atoms with Crippen LogP contribution in [0.5, 0.6) is 0 Å². The van der Waals surface area contributed by atoms with Gasteiger partial charge in [0.2, 0.25) is 0 Å². The van der Waals surface area contributed by atoms with Crippen LogP contribution in [0.15, 0.2) is 30.2 Å². The van der Waals surface area contributed by atoms with Gasteiger partial charge in [-0.15, -0.1) is 0 Å². The summed E-state index contributed by atoms with van der Waals surface area (Å²) in [6, 6.07) is 0.672. The zero-order valence-corrected chi connectivity index (χ0v) is 15.1. The van der Waals surface area contributed by atoms with Crippen molar-refractivity contribution >= 4 is 40.9 Å². The number of pyridine rings is 1. The number of amides is 1. The molecule has 10 heteroatoms. The summed E-state index contributed by atoms with van der Waals surface area (Å²) < 4.78 is 41.8. The first-order valence-corrected chi connectivity index (χ1v) is 9.62. The fraction of sp³-hybridized carbons (Fsp3) is 0.154. The molecular weight excluding hydrogens is 468 g/mol. The molecule has 0 spiro atoms. The second-order valence-electron chi connectivity index (χ2n) is 4.23. The van der Waals surface area contributed by atoms with Crippen LogP contribution in [0.25, 0.3) is 0 Å². The van der Waals surface area contributed by atoms with E-state index in [0.29, 0.717) is 11.0 Å². The van der Waals surface area contributed by atoms with E-state index < -0.39 is 43.9 Å². The quantitative estimate of drug-likeness (QED) is 0.658. The molecule has 124 valence electrons. The number of allylic oxidation sites excluding steroid dienone is 1. The molecule has 0 fully saturated rings. The molecule has 1 aliphatic rings. The van der Waals surface area contributed by atoms with Crippen molar-refractivity contribution in [3.8, 4) is 0 Å². The monoisotopic (exact) mass is 475 g/mol. The Morgan fingerprint density at radius 1 is 1.30 bits per heavy atom. The third-order valence-corrected chi connectivity index (χ3v) is 6.78. The van der Waals surface area contributed by atoms with Gasteiger partial charge in [-0.05, 0) is 0 Å². The number of halogens is 5. The molecule has 0 atom stereocenters. The number of alkyl halides is 3. The van der Waals surface area contributed by atoms with E-state index in [0.717, 1.165) is 18.0 Å². The standard InChI is InChI=1S/C13H8ClF3IN2O2S/c1-6(21)9-3-18-4-10(23-9)12(22)20-11-2-7(13(15,16)17)8(14)5-19-11/h2-5H,1H3,(H,19,20,22)/q-1. The molecule has 0 bridgehead atoms. The van der Waals surface area contributed by atoms with Gasteiger partial charge in [-0.2, -0.15) is 0 Å². The number of carbonyl (C=O) groups is 2. The molecule has 0 radical (unpaired) electrons. The summed E-state index contributed by atoms with van der Waals surface area (Å²) in [6.07, 6.45) is -3.81. The summed E-state index contributed by atoms with van der Waals surface area (Å²) >= 11 is 5.87. The molecule has 0 saturated carbocycles. The fourth-order valence-corrected chi connectivity index (χ4v) is 5.29. The predicted molar refractivity (Wildman–Crippen MR) is 77.3 cm³/mol. The van der Waals surface area contributed by atoms with E-state index in [9.17, 15) is 22.8 Å². The van der Waals surface area contributed by atoms with Gasteiger partial charge in [-0.1, -0.05) is 0 Å². The first kappa shape index (κ1) is 18.3. The normalized spacial score (nSPS) is 15.2. The molecule has 1 N–H and O–H groups in total. The van der Waals surface area contributed by atoms with Gasteiger partial charge in [0, 0.05) is 0 Å². The van der Waals surface area contributed by atoms with Crippen molar-refractivity contribution in [3.05, 3.63) is 40.8 Å². The van der Waals surface area contributed by atoms with E-state index >= 15 is 0 Å². The van der Waals surface area contributed by atoms with Crippen LogP contribution < -0.4 is 26.5 Å². The van der Waals surface area contributed by atoms with Gasteiger partial charge in [-0.3, -0.25) is 0 Å². The Hall–Kier alpha value is -1.07. The molecule has 1 amide bonds. The van der Waals surface area contributed by atoms with Crippen molar-refractivity contribution in [3.63, 3.8) is 0 Å². The van der Waals surface area contributed by atoms with E-state index in [1.165, 1.54) is 6.92 Å². The van der Waals surface area contributed by atoms with E-state index in [4.69, 9.17) is 11.6 Å². The Morgan fingerprint density at radius 3 is 2.57 bits per heavy atom. The van der Waals surface area contributed by atoms with Crippen LogP contribution in [-0.4, -0.2) is 16.7 Å². The van der Waals surface area contributed by atoms with Crippen molar-refractivity contribution in [1.29, 1.82) is 0 Å². The molecule has 0 saturated heterocycles. The van der Waals surface area contributed by atoms with Crippen LogP contribution in [-0.2, 0) is 15.8 Å². The van der Waals surface area contributed by atoms with Gasteiger partial charge >= 0.3 is 149 Å². The molecular formula is C13H8ClF3IN2O2S-. The van der Waals surface area contributed by atoms with Crippen LogP contribution in [0.4, 0.5) is 19.0 Å². The fourth-order valence-electron chi connectivity index (χ4n) is 1.46. The summed E-state index contributed by atoms with van der Waals surface area (Å²) in [5, 5.41) is 1.75. The Morgan fingerprint density at radius 2 is 1.96 bits per heavy atom. The molecule has 0 unspecified atom stereocenters. The number of rotatable bonds is 3. The first-order valence-electron chi connectivity index (χ1n) is 5.93. The van der Waals surface area contributed by atoms with Crippen LogP contribution >= 0.6 is 23.4 Å². The molecule has 1 aromatic rings. The van der Waals surface area contributed by atoms with Crippen molar-refractivity contribution in [1.82, 2.24) is 4.98 Å². The van der Waals surface area contributed by atoms with Gasteiger partial charge in [0.15, 0.2) is 0 Å². The van der Waals surface area contributed by atoms with E-state index in [1.54, 1.807) is 8.17 Å². The molecule has 4 nitrogen and oxygen atoms in total. The van der Waals surface area contributed by atoms with Gasteiger partial charge in [-0.25, -0.2) is 0 Å². The average Bonchev–Trinajstić information content (AvgIpc) is 2.48.